The van der Waals surface area contributed by atoms with Crippen LogP contribution in [-0.2, 0) is 0 Å². The Kier molecular flexibility index (Phi) is 1.91. The second-order valence-electron chi connectivity index (χ2n) is 3.72. The topological polar surface area (TPSA) is 30.0 Å². The first-order valence-corrected chi connectivity index (χ1v) is 4.67. The zero-order valence-electron chi connectivity index (χ0n) is 8.00. The van der Waals surface area contributed by atoms with E-state index >= 15 is 0 Å². The van der Waals surface area contributed by atoms with Gasteiger partial charge in [-0.1, -0.05) is 0 Å². The van der Waals surface area contributed by atoms with Crippen molar-refractivity contribution in [1.29, 1.82) is 0 Å². The molecule has 13 heavy (non-hydrogen) atoms. The van der Waals surface area contributed by atoms with Gasteiger partial charge in [0.25, 0.3) is 0 Å². The summed E-state index contributed by atoms with van der Waals surface area (Å²) in [6, 6.07) is 3.81. The fourth-order valence-electron chi connectivity index (χ4n) is 1.51. The van der Waals surface area contributed by atoms with E-state index in [1.807, 2.05) is 26.0 Å². The van der Waals surface area contributed by atoms with Crippen molar-refractivity contribution >= 4 is 5.78 Å². The molecule has 0 saturated heterocycles. The van der Waals surface area contributed by atoms with E-state index in [1.165, 1.54) is 0 Å². The summed E-state index contributed by atoms with van der Waals surface area (Å²) in [6.45, 7) is 3.85. The van der Waals surface area contributed by atoms with Gasteiger partial charge in [-0.25, -0.2) is 0 Å². The summed E-state index contributed by atoms with van der Waals surface area (Å²) in [7, 11) is 0. The second kappa shape index (κ2) is 2.95. The van der Waals surface area contributed by atoms with E-state index in [0.29, 0.717) is 5.92 Å². The van der Waals surface area contributed by atoms with E-state index in [1.54, 1.807) is 0 Å². The number of carbonyl (C=O) groups is 1. The van der Waals surface area contributed by atoms with Gasteiger partial charge in [-0.2, -0.15) is 0 Å². The van der Waals surface area contributed by atoms with E-state index in [4.69, 9.17) is 0 Å². The Labute approximate surface area is 78.0 Å². The molecular formula is C11H13NO. The Bertz CT molecular complexity index is 353. The quantitative estimate of drug-likeness (QED) is 0.645. The van der Waals surface area contributed by atoms with Crippen molar-refractivity contribution in [3.05, 3.63) is 29.1 Å². The number of carbonyl (C=O) groups excluding carboxylic acids is 1. The summed E-state index contributed by atoms with van der Waals surface area (Å²) in [5.41, 5.74) is 2.66. The molecule has 0 N–H and O–H groups in total. The van der Waals surface area contributed by atoms with Gasteiger partial charge < -0.3 is 0 Å². The van der Waals surface area contributed by atoms with Crippen LogP contribution < -0.4 is 0 Å². The normalized spacial score (nSPS) is 15.8. The lowest BCUT2D eigenvalue weighted by Crippen LogP contribution is -2.05. The maximum absolute atomic E-state index is 11.7. The molecule has 1 aromatic heterocycles. The molecule has 0 spiro atoms. The van der Waals surface area contributed by atoms with E-state index in [9.17, 15) is 4.79 Å². The highest BCUT2D eigenvalue weighted by atomic mass is 16.1. The summed E-state index contributed by atoms with van der Waals surface area (Å²) in [5.74, 6) is 0.577. The highest BCUT2D eigenvalue weighted by molar-refractivity contribution is 6.00. The fraction of sp³-hybridized carbons (Fsp3) is 0.455. The predicted molar refractivity (Wildman–Crippen MR) is 50.8 cm³/mol. The van der Waals surface area contributed by atoms with Crippen molar-refractivity contribution in [2.45, 2.75) is 26.7 Å². The maximum Gasteiger partial charge on any atom is 0.167 e. The van der Waals surface area contributed by atoms with Crippen LogP contribution in [0.2, 0.25) is 0 Å². The molecule has 2 heteroatoms. The van der Waals surface area contributed by atoms with Gasteiger partial charge >= 0.3 is 0 Å². The first-order valence-electron chi connectivity index (χ1n) is 4.67. The highest BCUT2D eigenvalue weighted by Gasteiger charge is 2.31. The summed E-state index contributed by atoms with van der Waals surface area (Å²) in [6.07, 6.45) is 2.12. The van der Waals surface area contributed by atoms with Gasteiger partial charge in [-0.05, 0) is 38.8 Å². The van der Waals surface area contributed by atoms with E-state index in [0.717, 1.165) is 29.8 Å². The molecule has 2 rings (SSSR count). The average molecular weight is 175 g/mol. The predicted octanol–water partition coefficient (Wildman–Crippen LogP) is 2.29. The van der Waals surface area contributed by atoms with Crippen LogP contribution in [0.25, 0.3) is 0 Å². The molecular weight excluding hydrogens is 162 g/mol. The Hall–Kier alpha value is -1.18. The minimum Gasteiger partial charge on any atom is -0.294 e. The van der Waals surface area contributed by atoms with Crippen molar-refractivity contribution in [3.63, 3.8) is 0 Å². The maximum atomic E-state index is 11.7. The lowest BCUT2D eigenvalue weighted by Gasteiger charge is -2.03. The zero-order valence-corrected chi connectivity index (χ0v) is 8.00. The molecule has 1 heterocycles. The van der Waals surface area contributed by atoms with Crippen LogP contribution in [0, 0.1) is 19.8 Å². The number of aryl methyl sites for hydroxylation is 2. The van der Waals surface area contributed by atoms with Crippen LogP contribution in [0.1, 0.15) is 34.6 Å². The van der Waals surface area contributed by atoms with Crippen molar-refractivity contribution in [1.82, 2.24) is 4.98 Å². The highest BCUT2D eigenvalue weighted by Crippen LogP contribution is 2.33. The van der Waals surface area contributed by atoms with Crippen molar-refractivity contribution < 1.29 is 4.79 Å². The molecule has 1 aliphatic carbocycles. The first kappa shape index (κ1) is 8.42. The molecule has 1 fully saturated rings. The zero-order chi connectivity index (χ0) is 9.42. The van der Waals surface area contributed by atoms with Crippen molar-refractivity contribution in [2.24, 2.45) is 5.92 Å². The molecule has 0 amide bonds. The molecule has 1 aromatic rings. The summed E-state index contributed by atoms with van der Waals surface area (Å²) in [4.78, 5) is 16.0. The summed E-state index contributed by atoms with van der Waals surface area (Å²) < 4.78 is 0. The monoisotopic (exact) mass is 175 g/mol. The van der Waals surface area contributed by atoms with Gasteiger partial charge in [0.1, 0.15) is 0 Å². The minimum atomic E-state index is 0.282. The number of aromatic nitrogens is 1. The second-order valence-corrected chi connectivity index (χ2v) is 3.72. The van der Waals surface area contributed by atoms with Gasteiger partial charge in [0.05, 0.1) is 0 Å². The molecule has 0 aromatic carbocycles. The Balaban J connectivity index is 2.33. The number of nitrogens with zero attached hydrogens (tertiary/aromatic N) is 1. The molecule has 68 valence electrons. The fourth-order valence-corrected chi connectivity index (χ4v) is 1.51. The number of pyridine rings is 1. The Morgan fingerprint density at radius 1 is 1.38 bits per heavy atom. The minimum absolute atomic E-state index is 0.282. The van der Waals surface area contributed by atoms with Gasteiger partial charge in [-0.15, -0.1) is 0 Å². The Morgan fingerprint density at radius 2 is 2.08 bits per heavy atom. The summed E-state index contributed by atoms with van der Waals surface area (Å²) in [5, 5.41) is 0. The first-order chi connectivity index (χ1) is 6.18. The van der Waals surface area contributed by atoms with Crippen LogP contribution in [-0.4, -0.2) is 10.8 Å². The molecule has 0 aliphatic heterocycles. The summed E-state index contributed by atoms with van der Waals surface area (Å²) >= 11 is 0. The third-order valence-electron chi connectivity index (χ3n) is 2.44. The number of Topliss-reactive ketones (excluding diaryl/α,β-unsaturated/α-hetero) is 1. The standard InChI is InChI=1S/C11H13NO/c1-7-3-6-10(8(2)12-7)11(13)9-4-5-9/h3,6,9H,4-5H2,1-2H3. The smallest absolute Gasteiger partial charge is 0.167 e. The van der Waals surface area contributed by atoms with Crippen LogP contribution in [0.3, 0.4) is 0 Å². The molecule has 0 bridgehead atoms. The number of hydrogen-bond donors (Lipinski definition) is 0. The van der Waals surface area contributed by atoms with Crippen LogP contribution in [0.4, 0.5) is 0 Å². The van der Waals surface area contributed by atoms with Gasteiger partial charge in [0.2, 0.25) is 0 Å². The molecule has 2 nitrogen and oxygen atoms in total. The van der Waals surface area contributed by atoms with Crippen molar-refractivity contribution in [2.75, 3.05) is 0 Å². The number of rotatable bonds is 2. The largest absolute Gasteiger partial charge is 0.294 e. The van der Waals surface area contributed by atoms with Gasteiger partial charge in [0, 0.05) is 22.9 Å². The van der Waals surface area contributed by atoms with Gasteiger partial charge in [-0.3, -0.25) is 9.78 Å². The van der Waals surface area contributed by atoms with Crippen LogP contribution in [0.5, 0.6) is 0 Å². The van der Waals surface area contributed by atoms with E-state index in [2.05, 4.69) is 4.98 Å². The van der Waals surface area contributed by atoms with Crippen LogP contribution in [0.15, 0.2) is 12.1 Å². The lowest BCUT2D eigenvalue weighted by molar-refractivity contribution is 0.0966. The Morgan fingerprint density at radius 3 is 2.62 bits per heavy atom. The third-order valence-corrected chi connectivity index (χ3v) is 2.44. The van der Waals surface area contributed by atoms with Gasteiger partial charge in [0.15, 0.2) is 5.78 Å². The van der Waals surface area contributed by atoms with Crippen LogP contribution >= 0.6 is 0 Å². The average Bonchev–Trinajstić information content (AvgIpc) is 2.85. The molecule has 1 aliphatic rings. The lowest BCUT2D eigenvalue weighted by atomic mass is 10.1. The third kappa shape index (κ3) is 1.62. The van der Waals surface area contributed by atoms with E-state index in [-0.39, 0.29) is 5.78 Å². The molecule has 0 atom stereocenters. The van der Waals surface area contributed by atoms with E-state index < -0.39 is 0 Å². The molecule has 0 unspecified atom stereocenters. The molecule has 1 saturated carbocycles. The van der Waals surface area contributed by atoms with Crippen molar-refractivity contribution in [3.8, 4) is 0 Å². The number of hydrogen-bond acceptors (Lipinski definition) is 2. The number of ketones is 1. The molecule has 0 radical (unpaired) electrons. The SMILES string of the molecule is Cc1ccc(C(=O)C2CC2)c(C)n1.